The van der Waals surface area contributed by atoms with Gasteiger partial charge in [0.15, 0.2) is 0 Å². The molecule has 6 heteroatoms. The average Bonchev–Trinajstić information content (AvgIpc) is 3.22. The zero-order valence-corrected chi connectivity index (χ0v) is 15.7. The highest BCUT2D eigenvalue weighted by Gasteiger charge is 2.27. The summed E-state index contributed by atoms with van der Waals surface area (Å²) < 4.78 is 6.29. The summed E-state index contributed by atoms with van der Waals surface area (Å²) >= 11 is 0. The summed E-state index contributed by atoms with van der Waals surface area (Å²) in [7, 11) is 0. The van der Waals surface area contributed by atoms with Crippen molar-refractivity contribution in [3.8, 4) is 0 Å². The summed E-state index contributed by atoms with van der Waals surface area (Å²) in [6.45, 7) is 3.16. The predicted octanol–water partition coefficient (Wildman–Crippen LogP) is 2.76. The van der Waals surface area contributed by atoms with Crippen LogP contribution in [-0.2, 0) is 4.74 Å². The molecule has 1 aliphatic carbocycles. The maximum absolute atomic E-state index is 9.68. The SMILES string of the molecule is OCC1CCCCN1c1cc(N2CCC(OC3CCCC3)CC2)ncn1. The van der Waals surface area contributed by atoms with E-state index in [0.717, 1.165) is 50.5 Å². The van der Waals surface area contributed by atoms with E-state index < -0.39 is 0 Å². The number of aliphatic hydroxyl groups excluding tert-OH is 1. The summed E-state index contributed by atoms with van der Waals surface area (Å²) in [6, 6.07) is 2.30. The Hall–Kier alpha value is -1.40. The predicted molar refractivity (Wildman–Crippen MR) is 103 cm³/mol. The molecule has 2 aliphatic heterocycles. The Morgan fingerprint density at radius 3 is 2.35 bits per heavy atom. The topological polar surface area (TPSA) is 61.7 Å². The highest BCUT2D eigenvalue weighted by atomic mass is 16.5. The van der Waals surface area contributed by atoms with Gasteiger partial charge in [0.25, 0.3) is 0 Å². The lowest BCUT2D eigenvalue weighted by molar-refractivity contribution is -0.0195. The molecule has 144 valence electrons. The summed E-state index contributed by atoms with van der Waals surface area (Å²) in [6.07, 6.45) is 13.3. The lowest BCUT2D eigenvalue weighted by atomic mass is 10.0. The number of piperidine rings is 2. The molecule has 1 N–H and O–H groups in total. The number of aromatic nitrogens is 2. The number of hydrogen-bond acceptors (Lipinski definition) is 6. The Morgan fingerprint density at radius 1 is 0.885 bits per heavy atom. The first kappa shape index (κ1) is 18.0. The van der Waals surface area contributed by atoms with Crippen LogP contribution in [0, 0.1) is 0 Å². The van der Waals surface area contributed by atoms with Crippen molar-refractivity contribution in [2.45, 2.75) is 76.0 Å². The van der Waals surface area contributed by atoms with Gasteiger partial charge in [-0.2, -0.15) is 0 Å². The van der Waals surface area contributed by atoms with Crippen molar-refractivity contribution in [3.63, 3.8) is 0 Å². The van der Waals surface area contributed by atoms with Gasteiger partial charge in [0, 0.05) is 25.7 Å². The summed E-state index contributed by atoms with van der Waals surface area (Å²) in [5.74, 6) is 1.97. The lowest BCUT2D eigenvalue weighted by Crippen LogP contribution is -2.43. The van der Waals surface area contributed by atoms with Crippen molar-refractivity contribution in [2.24, 2.45) is 0 Å². The molecule has 0 radical (unpaired) electrons. The Morgan fingerprint density at radius 2 is 1.58 bits per heavy atom. The molecule has 26 heavy (non-hydrogen) atoms. The van der Waals surface area contributed by atoms with Gasteiger partial charge in [-0.15, -0.1) is 0 Å². The van der Waals surface area contributed by atoms with E-state index in [9.17, 15) is 5.11 Å². The molecule has 3 heterocycles. The third-order valence-corrected chi connectivity index (χ3v) is 6.22. The zero-order chi connectivity index (χ0) is 17.8. The number of anilines is 2. The van der Waals surface area contributed by atoms with Crippen molar-refractivity contribution in [1.29, 1.82) is 0 Å². The van der Waals surface area contributed by atoms with Gasteiger partial charge < -0.3 is 19.6 Å². The normalized spacial score (nSPS) is 25.8. The van der Waals surface area contributed by atoms with Gasteiger partial charge in [-0.1, -0.05) is 12.8 Å². The largest absolute Gasteiger partial charge is 0.394 e. The van der Waals surface area contributed by atoms with Crippen molar-refractivity contribution in [2.75, 3.05) is 36.0 Å². The third kappa shape index (κ3) is 4.12. The molecule has 0 aromatic carbocycles. The number of aliphatic hydroxyl groups is 1. The molecule has 2 saturated heterocycles. The smallest absolute Gasteiger partial charge is 0.134 e. The van der Waals surface area contributed by atoms with E-state index in [1.54, 1.807) is 6.33 Å². The molecular weight excluding hydrogens is 328 g/mol. The van der Waals surface area contributed by atoms with E-state index in [1.165, 1.54) is 38.5 Å². The standard InChI is InChI=1S/C20H32N4O2/c25-14-16-5-3-4-10-24(16)20-13-19(21-15-22-20)23-11-8-18(9-12-23)26-17-6-1-2-7-17/h13,15-18,25H,1-12,14H2. The van der Waals surface area contributed by atoms with Crippen LogP contribution in [0.4, 0.5) is 11.6 Å². The number of ether oxygens (including phenoxy) is 1. The molecule has 1 aromatic rings. The molecule has 6 nitrogen and oxygen atoms in total. The first-order valence-corrected chi connectivity index (χ1v) is 10.4. The van der Waals surface area contributed by atoms with Crippen LogP contribution in [-0.4, -0.2) is 59.6 Å². The maximum atomic E-state index is 9.68. The molecule has 1 aromatic heterocycles. The summed E-state index contributed by atoms with van der Waals surface area (Å²) in [4.78, 5) is 13.6. The molecule has 0 spiro atoms. The van der Waals surface area contributed by atoms with Gasteiger partial charge in [0.2, 0.25) is 0 Å². The minimum atomic E-state index is 0.192. The second-order valence-electron chi connectivity index (χ2n) is 7.99. The van der Waals surface area contributed by atoms with E-state index in [1.807, 2.05) is 0 Å². The first-order chi connectivity index (χ1) is 12.8. The lowest BCUT2D eigenvalue weighted by Gasteiger charge is -2.37. The van der Waals surface area contributed by atoms with Crippen LogP contribution >= 0.6 is 0 Å². The van der Waals surface area contributed by atoms with Gasteiger partial charge in [-0.25, -0.2) is 9.97 Å². The zero-order valence-electron chi connectivity index (χ0n) is 15.7. The maximum Gasteiger partial charge on any atom is 0.134 e. The van der Waals surface area contributed by atoms with Crippen LogP contribution in [0.5, 0.6) is 0 Å². The fourth-order valence-corrected chi connectivity index (χ4v) is 4.68. The van der Waals surface area contributed by atoms with Crippen LogP contribution in [0.1, 0.15) is 57.8 Å². The first-order valence-electron chi connectivity index (χ1n) is 10.4. The number of hydrogen-bond donors (Lipinski definition) is 1. The van der Waals surface area contributed by atoms with E-state index in [2.05, 4.69) is 25.8 Å². The molecule has 0 bridgehead atoms. The number of rotatable bonds is 5. The Labute approximate surface area is 156 Å². The van der Waals surface area contributed by atoms with Gasteiger partial charge >= 0.3 is 0 Å². The fourth-order valence-electron chi connectivity index (χ4n) is 4.68. The molecular formula is C20H32N4O2. The molecule has 3 aliphatic rings. The van der Waals surface area contributed by atoms with E-state index in [0.29, 0.717) is 12.2 Å². The number of nitrogens with zero attached hydrogens (tertiary/aromatic N) is 4. The highest BCUT2D eigenvalue weighted by Crippen LogP contribution is 2.28. The Kier molecular flexibility index (Phi) is 5.90. The van der Waals surface area contributed by atoms with Crippen LogP contribution in [0.2, 0.25) is 0 Å². The van der Waals surface area contributed by atoms with Gasteiger partial charge in [-0.05, 0) is 44.9 Å². The Bertz CT molecular complexity index is 571. The summed E-state index contributed by atoms with van der Waals surface area (Å²) in [5, 5.41) is 9.68. The molecule has 1 atom stereocenters. The second-order valence-corrected chi connectivity index (χ2v) is 7.99. The third-order valence-electron chi connectivity index (χ3n) is 6.22. The van der Waals surface area contributed by atoms with Gasteiger partial charge in [0.05, 0.1) is 24.9 Å². The molecule has 1 unspecified atom stereocenters. The van der Waals surface area contributed by atoms with E-state index in [-0.39, 0.29) is 12.6 Å². The average molecular weight is 361 g/mol. The minimum absolute atomic E-state index is 0.192. The summed E-state index contributed by atoms with van der Waals surface area (Å²) in [5.41, 5.74) is 0. The van der Waals surface area contributed by atoms with Crippen molar-refractivity contribution in [1.82, 2.24) is 9.97 Å². The molecule has 1 saturated carbocycles. The van der Waals surface area contributed by atoms with Crippen LogP contribution in [0.15, 0.2) is 12.4 Å². The monoisotopic (exact) mass is 360 g/mol. The van der Waals surface area contributed by atoms with Crippen LogP contribution < -0.4 is 9.80 Å². The fraction of sp³-hybridized carbons (Fsp3) is 0.800. The van der Waals surface area contributed by atoms with Gasteiger partial charge in [0.1, 0.15) is 18.0 Å². The molecule has 4 rings (SSSR count). The van der Waals surface area contributed by atoms with Crippen LogP contribution in [0.25, 0.3) is 0 Å². The minimum Gasteiger partial charge on any atom is -0.394 e. The molecule has 3 fully saturated rings. The van der Waals surface area contributed by atoms with Gasteiger partial charge in [-0.3, -0.25) is 0 Å². The highest BCUT2D eigenvalue weighted by molar-refractivity contribution is 5.51. The van der Waals surface area contributed by atoms with E-state index in [4.69, 9.17) is 4.74 Å². The quantitative estimate of drug-likeness (QED) is 0.871. The Balaban J connectivity index is 1.36. The van der Waals surface area contributed by atoms with Crippen LogP contribution in [0.3, 0.4) is 0 Å². The second kappa shape index (κ2) is 8.53. The van der Waals surface area contributed by atoms with Crippen molar-refractivity contribution >= 4 is 11.6 Å². The van der Waals surface area contributed by atoms with Crippen molar-refractivity contribution < 1.29 is 9.84 Å². The van der Waals surface area contributed by atoms with Crippen molar-refractivity contribution in [3.05, 3.63) is 12.4 Å². The molecule has 0 amide bonds. The van der Waals surface area contributed by atoms with E-state index >= 15 is 0 Å².